The summed E-state index contributed by atoms with van der Waals surface area (Å²) in [5.74, 6) is -0.728. The molecular formula is C24H30ClN3O4S. The molecule has 2 aromatic carbocycles. The van der Waals surface area contributed by atoms with E-state index in [4.69, 9.17) is 11.6 Å². The average Bonchev–Trinajstić information content (AvgIpc) is 2.81. The fraction of sp³-hybridized carbons (Fsp3) is 0.417. The predicted octanol–water partition coefficient (Wildman–Crippen LogP) is 4.17. The Hall–Kier alpha value is -2.42. The van der Waals surface area contributed by atoms with Crippen LogP contribution in [-0.4, -0.2) is 55.6 Å². The van der Waals surface area contributed by atoms with E-state index in [1.54, 1.807) is 55.1 Å². The number of carbonyl (C=O) groups is 2. The van der Waals surface area contributed by atoms with Gasteiger partial charge in [0, 0.05) is 42.5 Å². The molecule has 1 atom stereocenters. The van der Waals surface area contributed by atoms with E-state index < -0.39 is 10.0 Å². The van der Waals surface area contributed by atoms with Gasteiger partial charge in [-0.2, -0.15) is 4.31 Å². The molecule has 1 aliphatic rings. The number of piperidine rings is 1. The molecule has 178 valence electrons. The molecular weight excluding hydrogens is 462 g/mol. The second-order valence-corrected chi connectivity index (χ2v) is 10.5. The van der Waals surface area contributed by atoms with Crippen LogP contribution in [-0.2, 0) is 14.8 Å². The Bertz CT molecular complexity index is 1120. The number of nitrogens with one attached hydrogen (secondary N) is 1. The van der Waals surface area contributed by atoms with Gasteiger partial charge in [0.1, 0.15) is 0 Å². The molecule has 0 radical (unpaired) electrons. The molecule has 1 aliphatic heterocycles. The lowest BCUT2D eigenvalue weighted by Gasteiger charge is -2.32. The van der Waals surface area contributed by atoms with Crippen molar-refractivity contribution in [1.82, 2.24) is 9.21 Å². The van der Waals surface area contributed by atoms with Crippen LogP contribution in [0.5, 0.6) is 0 Å². The molecule has 1 heterocycles. The third-order valence-corrected chi connectivity index (χ3v) is 8.28. The Kier molecular flexibility index (Phi) is 8.15. The minimum absolute atomic E-state index is 0.132. The van der Waals surface area contributed by atoms with Crippen LogP contribution in [0.1, 0.15) is 42.6 Å². The molecule has 0 bridgehead atoms. The van der Waals surface area contributed by atoms with Gasteiger partial charge in [-0.25, -0.2) is 8.42 Å². The molecule has 0 unspecified atom stereocenters. The molecule has 0 saturated carbocycles. The smallest absolute Gasteiger partial charge is 0.253 e. The van der Waals surface area contributed by atoms with Gasteiger partial charge in [0.25, 0.3) is 5.91 Å². The van der Waals surface area contributed by atoms with Crippen molar-refractivity contribution in [2.75, 3.05) is 31.5 Å². The second-order valence-electron chi connectivity index (χ2n) is 8.15. The third-order valence-electron chi connectivity index (χ3n) is 5.98. The number of amides is 2. The molecule has 2 amide bonds. The second kappa shape index (κ2) is 10.7. The van der Waals surface area contributed by atoms with E-state index in [0.717, 1.165) is 5.56 Å². The number of benzene rings is 2. The lowest BCUT2D eigenvalue weighted by molar-refractivity contribution is -0.121. The molecule has 33 heavy (non-hydrogen) atoms. The van der Waals surface area contributed by atoms with Gasteiger partial charge >= 0.3 is 0 Å². The number of sulfonamides is 1. The lowest BCUT2D eigenvalue weighted by Crippen LogP contribution is -2.43. The number of halogens is 1. The van der Waals surface area contributed by atoms with Gasteiger partial charge < -0.3 is 10.2 Å². The van der Waals surface area contributed by atoms with E-state index in [1.165, 1.54) is 10.4 Å². The van der Waals surface area contributed by atoms with Crippen LogP contribution in [0.4, 0.5) is 5.69 Å². The molecule has 1 saturated heterocycles. The third kappa shape index (κ3) is 5.75. The summed E-state index contributed by atoms with van der Waals surface area (Å²) in [5.41, 5.74) is 1.77. The van der Waals surface area contributed by atoms with E-state index in [0.29, 0.717) is 55.3 Å². The number of hydrogen-bond donors (Lipinski definition) is 1. The first-order valence-corrected chi connectivity index (χ1v) is 13.0. The maximum absolute atomic E-state index is 13.0. The first-order valence-electron chi connectivity index (χ1n) is 11.1. The quantitative estimate of drug-likeness (QED) is 0.629. The van der Waals surface area contributed by atoms with Crippen LogP contribution in [0.2, 0.25) is 5.02 Å². The van der Waals surface area contributed by atoms with Gasteiger partial charge in [-0.3, -0.25) is 9.59 Å². The largest absolute Gasteiger partial charge is 0.338 e. The number of anilines is 1. The van der Waals surface area contributed by atoms with Gasteiger partial charge in [0.05, 0.1) is 10.8 Å². The van der Waals surface area contributed by atoms with Crippen LogP contribution < -0.4 is 5.32 Å². The Morgan fingerprint density at radius 1 is 1.12 bits per heavy atom. The van der Waals surface area contributed by atoms with Gasteiger partial charge in [-0.05, 0) is 61.7 Å². The Balaban J connectivity index is 1.74. The fourth-order valence-electron chi connectivity index (χ4n) is 3.99. The van der Waals surface area contributed by atoms with E-state index in [-0.39, 0.29) is 22.6 Å². The predicted molar refractivity (Wildman–Crippen MR) is 130 cm³/mol. The first-order chi connectivity index (χ1) is 15.7. The molecule has 7 nitrogen and oxygen atoms in total. The van der Waals surface area contributed by atoms with Crippen molar-refractivity contribution in [2.45, 2.75) is 38.5 Å². The van der Waals surface area contributed by atoms with Gasteiger partial charge in [-0.1, -0.05) is 31.5 Å². The molecule has 1 fully saturated rings. The van der Waals surface area contributed by atoms with Crippen molar-refractivity contribution in [3.05, 3.63) is 58.6 Å². The highest BCUT2D eigenvalue weighted by atomic mass is 35.5. The highest BCUT2D eigenvalue weighted by Gasteiger charge is 2.30. The Morgan fingerprint density at radius 3 is 2.42 bits per heavy atom. The minimum atomic E-state index is -3.64. The summed E-state index contributed by atoms with van der Waals surface area (Å²) in [6, 6.07) is 11.5. The maximum Gasteiger partial charge on any atom is 0.253 e. The summed E-state index contributed by atoms with van der Waals surface area (Å²) >= 11 is 5.91. The zero-order chi connectivity index (χ0) is 24.2. The normalized spacial score (nSPS) is 16.6. The summed E-state index contributed by atoms with van der Waals surface area (Å²) < 4.78 is 27.1. The Labute approximate surface area is 200 Å². The SMILES string of the molecule is CCN(CC)S(=O)(=O)c1ccc(C)c(NC(=O)[C@H]2CCCN(C(=O)c3ccc(Cl)cc3)C2)c1. The van der Waals surface area contributed by atoms with Gasteiger partial charge in [0.15, 0.2) is 0 Å². The van der Waals surface area contributed by atoms with E-state index in [9.17, 15) is 18.0 Å². The van der Waals surface area contributed by atoms with Crippen LogP contribution in [0, 0.1) is 12.8 Å². The number of hydrogen-bond acceptors (Lipinski definition) is 4. The van der Waals surface area contributed by atoms with Crippen molar-refractivity contribution in [3.8, 4) is 0 Å². The van der Waals surface area contributed by atoms with Crippen LogP contribution >= 0.6 is 11.6 Å². The monoisotopic (exact) mass is 491 g/mol. The Morgan fingerprint density at radius 2 is 1.79 bits per heavy atom. The molecule has 0 spiro atoms. The fourth-order valence-corrected chi connectivity index (χ4v) is 5.61. The summed E-state index contributed by atoms with van der Waals surface area (Å²) in [5, 5.41) is 3.46. The zero-order valence-electron chi connectivity index (χ0n) is 19.2. The molecule has 1 N–H and O–H groups in total. The maximum atomic E-state index is 13.0. The minimum Gasteiger partial charge on any atom is -0.338 e. The van der Waals surface area contributed by atoms with E-state index in [2.05, 4.69) is 5.32 Å². The standard InChI is InChI=1S/C24H30ClN3O4S/c1-4-28(5-2)33(31,32)21-13-8-17(3)22(15-21)26-23(29)19-7-6-14-27(16-19)24(30)18-9-11-20(25)12-10-18/h8-13,15,19H,4-7,14,16H2,1-3H3,(H,26,29)/t19-/m0/s1. The number of aryl methyl sites for hydroxylation is 1. The molecule has 0 aliphatic carbocycles. The van der Waals surface area contributed by atoms with Crippen molar-refractivity contribution >= 4 is 39.1 Å². The summed E-state index contributed by atoms with van der Waals surface area (Å²) in [6.45, 7) is 7.03. The van der Waals surface area contributed by atoms with Gasteiger partial charge in [-0.15, -0.1) is 0 Å². The number of nitrogens with zero attached hydrogens (tertiary/aromatic N) is 2. The summed E-state index contributed by atoms with van der Waals surface area (Å²) in [6.07, 6.45) is 1.37. The highest BCUT2D eigenvalue weighted by Crippen LogP contribution is 2.25. The van der Waals surface area contributed by atoms with Crippen molar-refractivity contribution in [3.63, 3.8) is 0 Å². The molecule has 3 rings (SSSR count). The van der Waals surface area contributed by atoms with E-state index >= 15 is 0 Å². The van der Waals surface area contributed by atoms with Crippen molar-refractivity contribution in [2.24, 2.45) is 5.92 Å². The first kappa shape index (κ1) is 25.2. The number of likely N-dealkylation sites (tertiary alicyclic amines) is 1. The lowest BCUT2D eigenvalue weighted by atomic mass is 9.96. The van der Waals surface area contributed by atoms with Crippen molar-refractivity contribution in [1.29, 1.82) is 0 Å². The van der Waals surface area contributed by atoms with Crippen molar-refractivity contribution < 1.29 is 18.0 Å². The highest BCUT2D eigenvalue weighted by molar-refractivity contribution is 7.89. The van der Waals surface area contributed by atoms with Crippen LogP contribution in [0.25, 0.3) is 0 Å². The summed E-state index contributed by atoms with van der Waals surface area (Å²) in [7, 11) is -3.64. The van der Waals surface area contributed by atoms with Gasteiger partial charge in [0.2, 0.25) is 15.9 Å². The van der Waals surface area contributed by atoms with Crippen LogP contribution in [0.3, 0.4) is 0 Å². The summed E-state index contributed by atoms with van der Waals surface area (Å²) in [4.78, 5) is 27.7. The molecule has 9 heteroatoms. The molecule has 2 aromatic rings. The average molecular weight is 492 g/mol. The van der Waals surface area contributed by atoms with E-state index in [1.807, 2.05) is 6.92 Å². The number of carbonyl (C=O) groups excluding carboxylic acids is 2. The topological polar surface area (TPSA) is 86.8 Å². The molecule has 0 aromatic heterocycles. The number of rotatable bonds is 7. The van der Waals surface area contributed by atoms with Crippen LogP contribution in [0.15, 0.2) is 47.4 Å². The zero-order valence-corrected chi connectivity index (χ0v) is 20.7.